The van der Waals surface area contributed by atoms with Gasteiger partial charge in [-0.05, 0) is 56.9 Å². The van der Waals surface area contributed by atoms with Gasteiger partial charge in [0.15, 0.2) is 4.96 Å². The molecule has 6 heteroatoms. The van der Waals surface area contributed by atoms with Crippen LogP contribution in [0.25, 0.3) is 16.2 Å². The van der Waals surface area contributed by atoms with Gasteiger partial charge in [0.05, 0.1) is 18.7 Å². The summed E-state index contributed by atoms with van der Waals surface area (Å²) in [5.41, 5.74) is 3.00. The maximum absolute atomic E-state index is 12.9. The smallest absolute Gasteiger partial charge is 0.228 e. The third-order valence-corrected chi connectivity index (χ3v) is 6.38. The van der Waals surface area contributed by atoms with E-state index in [1.807, 2.05) is 37.4 Å². The Morgan fingerprint density at radius 1 is 1.25 bits per heavy atom. The predicted octanol–water partition coefficient (Wildman–Crippen LogP) is 4.80. The summed E-state index contributed by atoms with van der Waals surface area (Å²) in [6, 6.07) is 8.40. The summed E-state index contributed by atoms with van der Waals surface area (Å²) in [7, 11) is 0. The average Bonchev–Trinajstić information content (AvgIpc) is 3.31. The number of rotatable bonds is 6. The molecule has 0 spiro atoms. The lowest BCUT2D eigenvalue weighted by Gasteiger charge is -2.35. The quantitative estimate of drug-likeness (QED) is 0.600. The van der Waals surface area contributed by atoms with Crippen molar-refractivity contribution in [3.8, 4) is 17.0 Å². The minimum atomic E-state index is 0.238. The van der Waals surface area contributed by atoms with Crippen LogP contribution in [0.3, 0.4) is 0 Å². The Balaban J connectivity index is 1.53. The summed E-state index contributed by atoms with van der Waals surface area (Å²) in [6.07, 6.45) is 7.01. The molecule has 5 nitrogen and oxygen atoms in total. The molecule has 3 heterocycles. The summed E-state index contributed by atoms with van der Waals surface area (Å²) in [5.74, 6) is 1.10. The third-order valence-electron chi connectivity index (χ3n) is 5.50. The summed E-state index contributed by atoms with van der Waals surface area (Å²) < 4.78 is 7.58. The van der Waals surface area contributed by atoms with Crippen LogP contribution in [0.2, 0.25) is 0 Å². The van der Waals surface area contributed by atoms with E-state index >= 15 is 0 Å². The summed E-state index contributed by atoms with van der Waals surface area (Å²) >= 11 is 1.59. The van der Waals surface area contributed by atoms with Crippen LogP contribution in [0.1, 0.15) is 45.2 Å². The van der Waals surface area contributed by atoms with E-state index in [0.717, 1.165) is 53.5 Å². The zero-order valence-corrected chi connectivity index (χ0v) is 17.4. The topological polar surface area (TPSA) is 46.8 Å². The van der Waals surface area contributed by atoms with E-state index in [9.17, 15) is 4.79 Å². The van der Waals surface area contributed by atoms with Crippen molar-refractivity contribution in [1.29, 1.82) is 0 Å². The first-order valence-electron chi connectivity index (χ1n) is 10.2. The first-order chi connectivity index (χ1) is 13.7. The SMILES string of the molecule is CCOc1ccc(-c2cn3c(CC(=O)N4CCCC[C@@H]4CC)csc3n2)cc1. The molecule has 4 rings (SSSR count). The van der Waals surface area contributed by atoms with Crippen molar-refractivity contribution in [1.82, 2.24) is 14.3 Å². The molecule has 28 heavy (non-hydrogen) atoms. The van der Waals surface area contributed by atoms with Crippen LogP contribution < -0.4 is 4.74 Å². The molecular formula is C22H27N3O2S. The highest BCUT2D eigenvalue weighted by molar-refractivity contribution is 7.15. The van der Waals surface area contributed by atoms with Crippen molar-refractivity contribution in [2.75, 3.05) is 13.2 Å². The second kappa shape index (κ2) is 8.35. The number of imidazole rings is 1. The van der Waals surface area contributed by atoms with Crippen molar-refractivity contribution in [2.45, 2.75) is 52.0 Å². The molecular weight excluding hydrogens is 370 g/mol. The van der Waals surface area contributed by atoms with E-state index < -0.39 is 0 Å². The molecule has 2 aromatic heterocycles. The van der Waals surface area contributed by atoms with Gasteiger partial charge in [0.2, 0.25) is 5.91 Å². The number of ether oxygens (including phenoxy) is 1. The van der Waals surface area contributed by atoms with Gasteiger partial charge in [-0.25, -0.2) is 4.98 Å². The number of hydrogen-bond acceptors (Lipinski definition) is 4. The lowest BCUT2D eigenvalue weighted by Crippen LogP contribution is -2.44. The van der Waals surface area contributed by atoms with Crippen LogP contribution in [-0.2, 0) is 11.2 Å². The first-order valence-corrected chi connectivity index (χ1v) is 11.1. The van der Waals surface area contributed by atoms with Crippen molar-refractivity contribution in [3.05, 3.63) is 41.5 Å². The number of hydrogen-bond donors (Lipinski definition) is 0. The van der Waals surface area contributed by atoms with E-state index in [-0.39, 0.29) is 5.91 Å². The van der Waals surface area contributed by atoms with E-state index in [1.165, 1.54) is 6.42 Å². The number of thiazole rings is 1. The van der Waals surface area contributed by atoms with Gasteiger partial charge in [0.25, 0.3) is 0 Å². The standard InChI is InChI=1S/C22H27N3O2S/c1-3-17-7-5-6-12-24(17)21(26)13-18-15-28-22-23-20(14-25(18)22)16-8-10-19(11-9-16)27-4-2/h8-11,14-15,17H,3-7,12-13H2,1-2H3/t17-/m0/s1. The van der Waals surface area contributed by atoms with E-state index in [0.29, 0.717) is 19.1 Å². The molecule has 0 radical (unpaired) electrons. The molecule has 0 unspecified atom stereocenters. The second-order valence-corrected chi connectivity index (χ2v) is 8.12. The maximum Gasteiger partial charge on any atom is 0.228 e. The highest BCUT2D eigenvalue weighted by Gasteiger charge is 2.26. The molecule has 1 aromatic carbocycles. The number of amides is 1. The number of benzene rings is 1. The molecule has 0 saturated carbocycles. The van der Waals surface area contributed by atoms with Crippen LogP contribution in [0, 0.1) is 0 Å². The molecule has 1 saturated heterocycles. The number of likely N-dealkylation sites (tertiary alicyclic amines) is 1. The Hall–Kier alpha value is -2.34. The van der Waals surface area contributed by atoms with Crippen molar-refractivity contribution in [3.63, 3.8) is 0 Å². The van der Waals surface area contributed by atoms with Gasteiger partial charge in [0, 0.05) is 35.4 Å². The van der Waals surface area contributed by atoms with Crippen LogP contribution in [0.4, 0.5) is 0 Å². The normalized spacial score (nSPS) is 17.2. The van der Waals surface area contributed by atoms with E-state index in [2.05, 4.69) is 21.6 Å². The molecule has 1 atom stereocenters. The summed E-state index contributed by atoms with van der Waals surface area (Å²) in [6.45, 7) is 5.71. The minimum absolute atomic E-state index is 0.238. The molecule has 1 aliphatic rings. The van der Waals surface area contributed by atoms with E-state index in [1.54, 1.807) is 11.3 Å². The molecule has 3 aromatic rings. The van der Waals surface area contributed by atoms with Gasteiger partial charge in [-0.2, -0.15) is 0 Å². The second-order valence-electron chi connectivity index (χ2n) is 7.28. The Bertz CT molecular complexity index is 945. The number of aromatic nitrogens is 2. The number of nitrogens with zero attached hydrogens (tertiary/aromatic N) is 3. The maximum atomic E-state index is 12.9. The predicted molar refractivity (Wildman–Crippen MR) is 113 cm³/mol. The van der Waals surface area contributed by atoms with Crippen LogP contribution >= 0.6 is 11.3 Å². The molecule has 1 aliphatic heterocycles. The summed E-state index contributed by atoms with van der Waals surface area (Å²) in [4.78, 5) is 20.7. The van der Waals surface area contributed by atoms with Crippen LogP contribution in [-0.4, -0.2) is 39.4 Å². The fraction of sp³-hybridized carbons (Fsp3) is 0.455. The summed E-state index contributed by atoms with van der Waals surface area (Å²) in [5, 5.41) is 2.06. The van der Waals surface area contributed by atoms with Gasteiger partial charge in [-0.15, -0.1) is 11.3 Å². The Morgan fingerprint density at radius 2 is 2.07 bits per heavy atom. The van der Waals surface area contributed by atoms with Crippen molar-refractivity contribution < 1.29 is 9.53 Å². The first kappa shape index (κ1) is 19.0. The largest absolute Gasteiger partial charge is 0.494 e. The third kappa shape index (κ3) is 3.78. The van der Waals surface area contributed by atoms with Crippen LogP contribution in [0.5, 0.6) is 5.75 Å². The van der Waals surface area contributed by atoms with Crippen LogP contribution in [0.15, 0.2) is 35.8 Å². The van der Waals surface area contributed by atoms with Gasteiger partial charge in [-0.3, -0.25) is 9.20 Å². The van der Waals surface area contributed by atoms with Gasteiger partial charge >= 0.3 is 0 Å². The highest BCUT2D eigenvalue weighted by atomic mass is 32.1. The number of carbonyl (C=O) groups is 1. The number of fused-ring (bicyclic) bond motifs is 1. The highest BCUT2D eigenvalue weighted by Crippen LogP contribution is 2.27. The van der Waals surface area contributed by atoms with Gasteiger partial charge in [-0.1, -0.05) is 6.92 Å². The molecule has 0 N–H and O–H groups in total. The van der Waals surface area contributed by atoms with Gasteiger partial charge in [0.1, 0.15) is 5.75 Å². The lowest BCUT2D eigenvalue weighted by atomic mass is 9.99. The molecule has 0 bridgehead atoms. The zero-order valence-electron chi connectivity index (χ0n) is 16.6. The molecule has 0 aliphatic carbocycles. The fourth-order valence-corrected chi connectivity index (χ4v) is 4.87. The number of carbonyl (C=O) groups excluding carboxylic acids is 1. The van der Waals surface area contributed by atoms with Crippen molar-refractivity contribution >= 4 is 22.2 Å². The Labute approximate surface area is 170 Å². The average molecular weight is 398 g/mol. The Morgan fingerprint density at radius 3 is 2.82 bits per heavy atom. The van der Waals surface area contributed by atoms with E-state index in [4.69, 9.17) is 9.72 Å². The zero-order chi connectivity index (χ0) is 19.5. The minimum Gasteiger partial charge on any atom is -0.494 e. The van der Waals surface area contributed by atoms with Crippen molar-refractivity contribution in [2.24, 2.45) is 0 Å². The molecule has 1 fully saturated rings. The number of piperidine rings is 1. The fourth-order valence-electron chi connectivity index (χ4n) is 3.99. The Kier molecular flexibility index (Phi) is 5.67. The molecule has 1 amide bonds. The lowest BCUT2D eigenvalue weighted by molar-refractivity contribution is -0.134. The van der Waals surface area contributed by atoms with Gasteiger partial charge < -0.3 is 9.64 Å². The molecule has 148 valence electrons. The monoisotopic (exact) mass is 397 g/mol.